The number of hydrogen-bond acceptors (Lipinski definition) is 1. The zero-order chi connectivity index (χ0) is 11.8. The van der Waals surface area contributed by atoms with Crippen LogP contribution in [0, 0.1) is 17.3 Å². The van der Waals surface area contributed by atoms with Crippen LogP contribution in [0.3, 0.4) is 0 Å². The minimum atomic E-state index is -0.315. The summed E-state index contributed by atoms with van der Waals surface area (Å²) in [6, 6.07) is 0. The molecule has 1 nitrogen and oxygen atoms in total. The quantitative estimate of drug-likeness (QED) is 0.709. The van der Waals surface area contributed by atoms with Crippen LogP contribution in [-0.4, -0.2) is 10.7 Å². The molecule has 2 aliphatic rings. The first kappa shape index (κ1) is 12.4. The van der Waals surface area contributed by atoms with Gasteiger partial charge in [0.15, 0.2) is 0 Å². The van der Waals surface area contributed by atoms with Crippen LogP contribution in [0.1, 0.15) is 72.1 Å². The van der Waals surface area contributed by atoms with Gasteiger partial charge in [-0.25, -0.2) is 0 Å². The second-order valence-electron chi connectivity index (χ2n) is 7.24. The van der Waals surface area contributed by atoms with Crippen molar-refractivity contribution in [2.75, 3.05) is 0 Å². The normalized spacial score (nSPS) is 38.2. The van der Waals surface area contributed by atoms with Gasteiger partial charge in [0.1, 0.15) is 0 Å². The highest BCUT2D eigenvalue weighted by atomic mass is 16.3. The van der Waals surface area contributed by atoms with Gasteiger partial charge in [0.05, 0.1) is 5.60 Å². The molecular weight excluding hydrogens is 196 g/mol. The minimum Gasteiger partial charge on any atom is -0.390 e. The van der Waals surface area contributed by atoms with Gasteiger partial charge < -0.3 is 5.11 Å². The van der Waals surface area contributed by atoms with Gasteiger partial charge >= 0.3 is 0 Å². The van der Waals surface area contributed by atoms with Crippen LogP contribution in [0.4, 0.5) is 0 Å². The molecule has 0 bridgehead atoms. The van der Waals surface area contributed by atoms with E-state index in [0.29, 0.717) is 11.3 Å². The van der Waals surface area contributed by atoms with E-state index in [-0.39, 0.29) is 5.60 Å². The number of rotatable bonds is 1. The molecule has 2 saturated carbocycles. The predicted molar refractivity (Wildman–Crippen MR) is 68.3 cm³/mol. The standard InChI is InChI=1S/C15H28O/c1-12-5-4-6-13(11-12)15(16)9-7-14(2,3)8-10-15/h12-13,16H,4-11H2,1-3H3. The van der Waals surface area contributed by atoms with Gasteiger partial charge in [0, 0.05) is 0 Å². The summed E-state index contributed by atoms with van der Waals surface area (Å²) < 4.78 is 0. The molecule has 2 atom stereocenters. The van der Waals surface area contributed by atoms with Crippen LogP contribution < -0.4 is 0 Å². The predicted octanol–water partition coefficient (Wildman–Crippen LogP) is 4.14. The van der Waals surface area contributed by atoms with Gasteiger partial charge in [-0.1, -0.05) is 33.6 Å². The molecule has 0 radical (unpaired) electrons. The second-order valence-corrected chi connectivity index (χ2v) is 7.24. The SMILES string of the molecule is CC1CCCC(C2(O)CCC(C)(C)CC2)C1. The molecule has 2 aliphatic carbocycles. The Morgan fingerprint density at radius 3 is 2.19 bits per heavy atom. The summed E-state index contributed by atoms with van der Waals surface area (Å²) in [7, 11) is 0. The van der Waals surface area contributed by atoms with Crippen molar-refractivity contribution in [3.63, 3.8) is 0 Å². The maximum Gasteiger partial charge on any atom is 0.0676 e. The molecule has 0 amide bonds. The third-order valence-electron chi connectivity index (χ3n) is 5.17. The molecule has 2 unspecified atom stereocenters. The third kappa shape index (κ3) is 2.61. The fraction of sp³-hybridized carbons (Fsp3) is 1.00. The van der Waals surface area contributed by atoms with Crippen molar-refractivity contribution in [2.24, 2.45) is 17.3 Å². The molecule has 2 fully saturated rings. The van der Waals surface area contributed by atoms with Crippen molar-refractivity contribution in [1.29, 1.82) is 0 Å². The van der Waals surface area contributed by atoms with E-state index in [9.17, 15) is 5.11 Å². The molecule has 0 aliphatic heterocycles. The van der Waals surface area contributed by atoms with E-state index < -0.39 is 0 Å². The lowest BCUT2D eigenvalue weighted by molar-refractivity contribution is -0.0864. The Bertz CT molecular complexity index is 234. The molecule has 0 aromatic rings. The van der Waals surface area contributed by atoms with Crippen LogP contribution in [0.25, 0.3) is 0 Å². The molecule has 1 heteroatoms. The van der Waals surface area contributed by atoms with Crippen LogP contribution in [-0.2, 0) is 0 Å². The van der Waals surface area contributed by atoms with Crippen molar-refractivity contribution < 1.29 is 5.11 Å². The highest BCUT2D eigenvalue weighted by Crippen LogP contribution is 2.47. The molecule has 0 spiro atoms. The summed E-state index contributed by atoms with van der Waals surface area (Å²) in [6.07, 6.45) is 9.71. The van der Waals surface area contributed by atoms with Crippen LogP contribution in [0.15, 0.2) is 0 Å². The van der Waals surface area contributed by atoms with Gasteiger partial charge in [-0.2, -0.15) is 0 Å². The number of hydrogen-bond donors (Lipinski definition) is 1. The summed E-state index contributed by atoms with van der Waals surface area (Å²) in [5, 5.41) is 10.8. The zero-order valence-corrected chi connectivity index (χ0v) is 11.3. The summed E-state index contributed by atoms with van der Waals surface area (Å²) in [5.74, 6) is 1.42. The van der Waals surface area contributed by atoms with E-state index in [1.807, 2.05) is 0 Å². The Kier molecular flexibility index (Phi) is 3.36. The molecule has 0 heterocycles. The zero-order valence-electron chi connectivity index (χ0n) is 11.3. The first-order valence-electron chi connectivity index (χ1n) is 7.14. The molecule has 0 aromatic heterocycles. The minimum absolute atomic E-state index is 0.315. The smallest absolute Gasteiger partial charge is 0.0676 e. The fourth-order valence-corrected chi connectivity index (χ4v) is 3.69. The van der Waals surface area contributed by atoms with E-state index >= 15 is 0 Å². The lowest BCUT2D eigenvalue weighted by atomic mass is 9.63. The van der Waals surface area contributed by atoms with Crippen molar-refractivity contribution in [3.05, 3.63) is 0 Å². The number of aliphatic hydroxyl groups is 1. The Hall–Kier alpha value is -0.0400. The Labute approximate surface area is 101 Å². The molecule has 0 aromatic carbocycles. The van der Waals surface area contributed by atoms with E-state index in [0.717, 1.165) is 18.8 Å². The second kappa shape index (κ2) is 4.33. The van der Waals surface area contributed by atoms with Crippen LogP contribution in [0.2, 0.25) is 0 Å². The molecular formula is C15H28O. The first-order chi connectivity index (χ1) is 7.41. The third-order valence-corrected chi connectivity index (χ3v) is 5.17. The first-order valence-corrected chi connectivity index (χ1v) is 7.14. The maximum atomic E-state index is 10.8. The average Bonchev–Trinajstić information content (AvgIpc) is 2.23. The van der Waals surface area contributed by atoms with Crippen molar-refractivity contribution >= 4 is 0 Å². The van der Waals surface area contributed by atoms with Gasteiger partial charge in [-0.3, -0.25) is 0 Å². The van der Waals surface area contributed by atoms with Gasteiger partial charge in [0.2, 0.25) is 0 Å². The average molecular weight is 224 g/mol. The molecule has 1 N–H and O–H groups in total. The molecule has 0 saturated heterocycles. The largest absolute Gasteiger partial charge is 0.390 e. The fourth-order valence-electron chi connectivity index (χ4n) is 3.69. The Morgan fingerprint density at radius 1 is 1.00 bits per heavy atom. The van der Waals surface area contributed by atoms with Gasteiger partial charge in [0.25, 0.3) is 0 Å². The van der Waals surface area contributed by atoms with Crippen molar-refractivity contribution in [1.82, 2.24) is 0 Å². The lowest BCUT2D eigenvalue weighted by Gasteiger charge is -2.46. The van der Waals surface area contributed by atoms with Crippen molar-refractivity contribution in [2.45, 2.75) is 77.7 Å². The highest BCUT2D eigenvalue weighted by Gasteiger charge is 2.43. The van der Waals surface area contributed by atoms with Crippen LogP contribution >= 0.6 is 0 Å². The molecule has 16 heavy (non-hydrogen) atoms. The van der Waals surface area contributed by atoms with Gasteiger partial charge in [-0.05, 0) is 55.8 Å². The topological polar surface area (TPSA) is 20.2 Å². The van der Waals surface area contributed by atoms with E-state index in [2.05, 4.69) is 20.8 Å². The molecule has 2 rings (SSSR count). The van der Waals surface area contributed by atoms with Crippen molar-refractivity contribution in [3.8, 4) is 0 Å². The molecule has 94 valence electrons. The monoisotopic (exact) mass is 224 g/mol. The summed E-state index contributed by atoms with van der Waals surface area (Å²) >= 11 is 0. The lowest BCUT2D eigenvalue weighted by Crippen LogP contribution is -2.44. The summed E-state index contributed by atoms with van der Waals surface area (Å²) in [6.45, 7) is 7.04. The summed E-state index contributed by atoms with van der Waals surface area (Å²) in [5.41, 5.74) is 0.150. The van der Waals surface area contributed by atoms with Gasteiger partial charge in [-0.15, -0.1) is 0 Å². The Balaban J connectivity index is 1.97. The van der Waals surface area contributed by atoms with E-state index in [1.165, 1.54) is 38.5 Å². The van der Waals surface area contributed by atoms with E-state index in [4.69, 9.17) is 0 Å². The Morgan fingerprint density at radius 2 is 1.62 bits per heavy atom. The van der Waals surface area contributed by atoms with Crippen LogP contribution in [0.5, 0.6) is 0 Å². The highest BCUT2D eigenvalue weighted by molar-refractivity contribution is 4.95. The van der Waals surface area contributed by atoms with E-state index in [1.54, 1.807) is 0 Å². The summed E-state index contributed by atoms with van der Waals surface area (Å²) in [4.78, 5) is 0. The maximum absolute atomic E-state index is 10.8.